The van der Waals surface area contributed by atoms with Gasteiger partial charge in [0.15, 0.2) is 5.78 Å². The lowest BCUT2D eigenvalue weighted by molar-refractivity contribution is -0.0183. The van der Waals surface area contributed by atoms with E-state index in [1.807, 2.05) is 4.57 Å². The third-order valence-electron chi connectivity index (χ3n) is 6.50. The number of Topliss-reactive ketones (excluding diaryl/α,β-unsaturated/α-hetero) is 1. The molecule has 1 N–H and O–H groups in total. The summed E-state index contributed by atoms with van der Waals surface area (Å²) in [6.07, 6.45) is 3.46. The molecule has 1 amide bonds. The van der Waals surface area contributed by atoms with Gasteiger partial charge < -0.3 is 14.6 Å². The number of hydrogen-bond donors (Lipinski definition) is 1. The third kappa shape index (κ3) is 4.45. The molecule has 0 unspecified atom stereocenters. The molecular weight excluding hydrogens is 471 g/mol. The summed E-state index contributed by atoms with van der Waals surface area (Å²) < 4.78 is 20.6. The molecule has 184 valence electrons. The number of cyclic esters (lactones) is 1. The molecule has 0 saturated carbocycles. The highest BCUT2D eigenvalue weighted by Gasteiger charge is 2.44. The molecule has 8 heteroatoms. The monoisotopic (exact) mass is 498 g/mol. The van der Waals surface area contributed by atoms with Crippen LogP contribution >= 0.6 is 11.6 Å². The van der Waals surface area contributed by atoms with Gasteiger partial charge in [-0.2, -0.15) is 0 Å². The van der Waals surface area contributed by atoms with Crippen LogP contribution < -0.4 is 5.32 Å². The summed E-state index contributed by atoms with van der Waals surface area (Å²) in [5, 5.41) is 4.16. The number of nitrogens with zero attached hydrogens (tertiary/aromatic N) is 1. The predicted molar refractivity (Wildman–Crippen MR) is 133 cm³/mol. The first-order valence-corrected chi connectivity index (χ1v) is 12.2. The van der Waals surface area contributed by atoms with E-state index in [-0.39, 0.29) is 23.5 Å². The molecule has 6 nitrogen and oxygen atoms in total. The fourth-order valence-electron chi connectivity index (χ4n) is 5.19. The number of nitrogens with one attached hydrogen (secondary N) is 1. The molecule has 35 heavy (non-hydrogen) atoms. The molecule has 1 aromatic heterocycles. The van der Waals surface area contributed by atoms with Crippen LogP contribution in [0.3, 0.4) is 0 Å². The largest absolute Gasteiger partial charge is 0.451 e. The number of benzene rings is 2. The molecule has 0 bridgehead atoms. The molecule has 3 aromatic rings. The average Bonchev–Trinajstić information content (AvgIpc) is 3.27. The zero-order chi connectivity index (χ0) is 25.3. The highest BCUT2D eigenvalue weighted by Crippen LogP contribution is 2.43. The minimum atomic E-state index is -0.524. The van der Waals surface area contributed by atoms with Crippen LogP contribution in [0.2, 0.25) is 5.02 Å². The van der Waals surface area contributed by atoms with Gasteiger partial charge in [0.05, 0.1) is 16.6 Å². The van der Waals surface area contributed by atoms with Crippen LogP contribution in [0.25, 0.3) is 10.9 Å². The fourth-order valence-corrected chi connectivity index (χ4v) is 5.35. The van der Waals surface area contributed by atoms with Crippen LogP contribution in [0.15, 0.2) is 36.4 Å². The number of ketones is 1. The Bertz CT molecular complexity index is 1320. The van der Waals surface area contributed by atoms with Gasteiger partial charge in [-0.05, 0) is 44.0 Å². The standard InChI is InChI=1S/C14H17FO2.C13H11ClN2O2/c1-3-7-14(8-4-2)12-6-5-10(15)9-11(12)13(16)17-14;1-7(17)11-9-3-2-8(14)6-10(9)16-5-4-15-13(18)12(11)16/h5-6,9H,3-4,7-8H2,1-2H3;2-3,6H,4-5H2,1H3,(H,15,18). The van der Waals surface area contributed by atoms with Crippen molar-refractivity contribution in [3.05, 3.63) is 69.6 Å². The van der Waals surface area contributed by atoms with E-state index < -0.39 is 5.60 Å². The van der Waals surface area contributed by atoms with Crippen LogP contribution in [0.5, 0.6) is 0 Å². The summed E-state index contributed by atoms with van der Waals surface area (Å²) in [6.45, 7) is 6.83. The second-order valence-corrected chi connectivity index (χ2v) is 9.36. The number of rotatable bonds is 5. The minimum Gasteiger partial charge on any atom is -0.451 e. The molecule has 0 radical (unpaired) electrons. The minimum absolute atomic E-state index is 0.104. The van der Waals surface area contributed by atoms with E-state index in [4.69, 9.17) is 16.3 Å². The Morgan fingerprint density at radius 3 is 2.51 bits per heavy atom. The van der Waals surface area contributed by atoms with Gasteiger partial charge in [0.1, 0.15) is 17.1 Å². The molecule has 2 aromatic carbocycles. The van der Waals surface area contributed by atoms with E-state index in [1.54, 1.807) is 24.3 Å². The van der Waals surface area contributed by atoms with E-state index in [2.05, 4.69) is 19.2 Å². The first kappa shape index (κ1) is 24.9. The number of carbonyl (C=O) groups is 3. The lowest BCUT2D eigenvalue weighted by atomic mass is 9.84. The zero-order valence-electron chi connectivity index (χ0n) is 20.0. The van der Waals surface area contributed by atoms with Crippen molar-refractivity contribution in [2.75, 3.05) is 6.54 Å². The van der Waals surface area contributed by atoms with Crippen LogP contribution in [0, 0.1) is 5.82 Å². The van der Waals surface area contributed by atoms with Gasteiger partial charge in [-0.25, -0.2) is 9.18 Å². The predicted octanol–water partition coefficient (Wildman–Crippen LogP) is 6.03. The number of fused-ring (bicyclic) bond motifs is 4. The molecule has 0 atom stereocenters. The molecule has 0 fully saturated rings. The van der Waals surface area contributed by atoms with Crippen molar-refractivity contribution < 1.29 is 23.5 Å². The number of carbonyl (C=O) groups excluding carboxylic acids is 3. The Labute approximate surface area is 208 Å². The number of esters is 1. The summed E-state index contributed by atoms with van der Waals surface area (Å²) in [7, 11) is 0. The van der Waals surface area contributed by atoms with Gasteiger partial charge >= 0.3 is 5.97 Å². The van der Waals surface area contributed by atoms with Crippen molar-refractivity contribution in [2.45, 2.75) is 58.6 Å². The van der Waals surface area contributed by atoms with E-state index in [0.29, 0.717) is 34.9 Å². The molecule has 2 aliphatic heterocycles. The van der Waals surface area contributed by atoms with Crippen molar-refractivity contribution in [3.8, 4) is 0 Å². The number of aromatic nitrogens is 1. The maximum atomic E-state index is 13.2. The maximum absolute atomic E-state index is 13.2. The molecule has 0 spiro atoms. The van der Waals surface area contributed by atoms with Gasteiger partial charge in [0, 0.05) is 29.1 Å². The summed E-state index contributed by atoms with van der Waals surface area (Å²) >= 11 is 5.99. The van der Waals surface area contributed by atoms with Crippen molar-refractivity contribution in [1.29, 1.82) is 0 Å². The number of amides is 1. The van der Waals surface area contributed by atoms with E-state index in [0.717, 1.165) is 42.1 Å². The number of halogens is 2. The molecule has 2 aliphatic rings. The first-order chi connectivity index (χ1) is 16.7. The number of ether oxygens (including phenoxy) is 1. The molecule has 0 saturated heterocycles. The quantitative estimate of drug-likeness (QED) is 0.344. The van der Waals surface area contributed by atoms with Gasteiger partial charge in [-0.3, -0.25) is 9.59 Å². The van der Waals surface area contributed by atoms with Crippen LogP contribution in [-0.2, 0) is 16.9 Å². The second kappa shape index (κ2) is 9.82. The summed E-state index contributed by atoms with van der Waals surface area (Å²) in [4.78, 5) is 35.5. The Kier molecular flexibility index (Phi) is 6.99. The van der Waals surface area contributed by atoms with Crippen molar-refractivity contribution in [1.82, 2.24) is 9.88 Å². The van der Waals surface area contributed by atoms with E-state index >= 15 is 0 Å². The van der Waals surface area contributed by atoms with E-state index in [1.165, 1.54) is 19.1 Å². The first-order valence-electron chi connectivity index (χ1n) is 11.9. The summed E-state index contributed by atoms with van der Waals surface area (Å²) in [5.74, 6) is -1.07. The zero-order valence-corrected chi connectivity index (χ0v) is 20.8. The lowest BCUT2D eigenvalue weighted by Crippen LogP contribution is -2.36. The van der Waals surface area contributed by atoms with Crippen LogP contribution in [0.1, 0.15) is 83.2 Å². The summed E-state index contributed by atoms with van der Waals surface area (Å²) in [5.41, 5.74) is 2.51. The highest BCUT2D eigenvalue weighted by molar-refractivity contribution is 6.31. The lowest BCUT2D eigenvalue weighted by Gasteiger charge is -2.28. The number of hydrogen-bond acceptors (Lipinski definition) is 4. The molecular formula is C27H28ClFN2O4. The van der Waals surface area contributed by atoms with Crippen molar-refractivity contribution in [2.24, 2.45) is 0 Å². The Balaban J connectivity index is 0.000000165. The SMILES string of the molecule is CC(=O)c1c2n(c3cc(Cl)ccc13)CCNC2=O.CCCC1(CCC)OC(=O)c2cc(F)ccc21. The Morgan fingerprint density at radius 2 is 1.86 bits per heavy atom. The van der Waals surface area contributed by atoms with Crippen LogP contribution in [-0.4, -0.2) is 28.8 Å². The third-order valence-corrected chi connectivity index (χ3v) is 6.74. The van der Waals surface area contributed by atoms with Gasteiger partial charge in [0.25, 0.3) is 5.91 Å². The van der Waals surface area contributed by atoms with Gasteiger partial charge in [-0.15, -0.1) is 0 Å². The second-order valence-electron chi connectivity index (χ2n) is 8.92. The fraction of sp³-hybridized carbons (Fsp3) is 0.370. The maximum Gasteiger partial charge on any atom is 0.339 e. The van der Waals surface area contributed by atoms with Crippen molar-refractivity contribution in [3.63, 3.8) is 0 Å². The Morgan fingerprint density at radius 1 is 1.14 bits per heavy atom. The smallest absolute Gasteiger partial charge is 0.339 e. The summed E-state index contributed by atoms with van der Waals surface area (Å²) in [6, 6.07) is 9.71. The molecule has 0 aliphatic carbocycles. The average molecular weight is 499 g/mol. The molecule has 5 rings (SSSR count). The Hall–Kier alpha value is -3.19. The van der Waals surface area contributed by atoms with Crippen LogP contribution in [0.4, 0.5) is 4.39 Å². The van der Waals surface area contributed by atoms with Crippen molar-refractivity contribution >= 4 is 40.2 Å². The van der Waals surface area contributed by atoms with Gasteiger partial charge in [-0.1, -0.05) is 50.4 Å². The van der Waals surface area contributed by atoms with Gasteiger partial charge in [0.2, 0.25) is 0 Å². The topological polar surface area (TPSA) is 77.4 Å². The van der Waals surface area contributed by atoms with E-state index in [9.17, 15) is 18.8 Å². The normalized spacial score (nSPS) is 15.6. The highest BCUT2D eigenvalue weighted by atomic mass is 35.5. The molecule has 3 heterocycles.